The standard InChI is InChI=1S/C8H14Cl2/c1-3-5-6-7-8(9,10)4-2/h4H,2-3,5-7H2,1H3. The zero-order valence-electron chi connectivity index (χ0n) is 6.37. The van der Waals surface area contributed by atoms with Crippen LogP contribution in [0.25, 0.3) is 0 Å². The molecule has 0 aliphatic heterocycles. The third kappa shape index (κ3) is 5.13. The van der Waals surface area contributed by atoms with Crippen LogP contribution in [0.1, 0.15) is 32.6 Å². The first kappa shape index (κ1) is 10.3. The molecule has 10 heavy (non-hydrogen) atoms. The molecule has 0 spiro atoms. The molecule has 0 aromatic heterocycles. The second kappa shape index (κ2) is 5.03. The van der Waals surface area contributed by atoms with Crippen molar-refractivity contribution in [1.82, 2.24) is 0 Å². The Balaban J connectivity index is 3.37. The van der Waals surface area contributed by atoms with Crippen molar-refractivity contribution in [2.45, 2.75) is 36.9 Å². The van der Waals surface area contributed by atoms with Gasteiger partial charge in [-0.2, -0.15) is 0 Å². The summed E-state index contributed by atoms with van der Waals surface area (Å²) < 4.78 is -0.699. The lowest BCUT2D eigenvalue weighted by Crippen LogP contribution is -2.06. The predicted molar refractivity (Wildman–Crippen MR) is 48.8 cm³/mol. The van der Waals surface area contributed by atoms with Crippen molar-refractivity contribution in [1.29, 1.82) is 0 Å². The van der Waals surface area contributed by atoms with Gasteiger partial charge in [-0.15, -0.1) is 6.58 Å². The summed E-state index contributed by atoms with van der Waals surface area (Å²) in [6, 6.07) is 0. The summed E-state index contributed by atoms with van der Waals surface area (Å²) in [6.45, 7) is 5.70. The van der Waals surface area contributed by atoms with Gasteiger partial charge >= 0.3 is 0 Å². The fourth-order valence-corrected chi connectivity index (χ4v) is 0.980. The minimum atomic E-state index is -0.699. The van der Waals surface area contributed by atoms with Crippen LogP contribution in [0.2, 0.25) is 0 Å². The number of alkyl halides is 2. The van der Waals surface area contributed by atoms with Gasteiger partial charge in [0.15, 0.2) is 0 Å². The van der Waals surface area contributed by atoms with Crippen LogP contribution in [-0.4, -0.2) is 4.33 Å². The molecule has 0 unspecified atom stereocenters. The van der Waals surface area contributed by atoms with E-state index in [1.54, 1.807) is 6.08 Å². The number of unbranched alkanes of at least 4 members (excludes halogenated alkanes) is 2. The van der Waals surface area contributed by atoms with Crippen LogP contribution in [0.3, 0.4) is 0 Å². The molecule has 0 fully saturated rings. The average Bonchev–Trinajstić information content (AvgIpc) is 1.89. The van der Waals surface area contributed by atoms with E-state index in [9.17, 15) is 0 Å². The molecule has 0 N–H and O–H groups in total. The van der Waals surface area contributed by atoms with E-state index in [1.807, 2.05) is 0 Å². The first-order chi connectivity index (χ1) is 4.62. The molecule has 0 rings (SSSR count). The SMILES string of the molecule is C=CC(Cl)(Cl)CCCCC. The quantitative estimate of drug-likeness (QED) is 0.342. The molecule has 0 saturated carbocycles. The van der Waals surface area contributed by atoms with Gasteiger partial charge in [-0.25, -0.2) is 0 Å². The highest BCUT2D eigenvalue weighted by Gasteiger charge is 2.17. The number of rotatable bonds is 5. The van der Waals surface area contributed by atoms with Gasteiger partial charge in [0.05, 0.1) is 0 Å². The molecule has 2 heteroatoms. The normalized spacial score (nSPS) is 11.5. The third-order valence-electron chi connectivity index (χ3n) is 1.41. The van der Waals surface area contributed by atoms with Crippen LogP contribution < -0.4 is 0 Å². The van der Waals surface area contributed by atoms with Crippen LogP contribution in [0, 0.1) is 0 Å². The van der Waals surface area contributed by atoms with E-state index < -0.39 is 4.33 Å². The molecular weight excluding hydrogens is 167 g/mol. The summed E-state index contributed by atoms with van der Waals surface area (Å²) in [6.07, 6.45) is 5.87. The topological polar surface area (TPSA) is 0 Å². The summed E-state index contributed by atoms with van der Waals surface area (Å²) in [7, 11) is 0. The molecule has 0 amide bonds. The van der Waals surface area contributed by atoms with Crippen LogP contribution in [0.5, 0.6) is 0 Å². The predicted octanol–water partition coefficient (Wildman–Crippen LogP) is 3.93. The minimum absolute atomic E-state index is 0.699. The number of hydrogen-bond donors (Lipinski definition) is 0. The minimum Gasteiger partial charge on any atom is -0.100 e. The molecule has 0 aliphatic carbocycles. The molecule has 0 radical (unpaired) electrons. The molecule has 0 atom stereocenters. The van der Waals surface area contributed by atoms with E-state index >= 15 is 0 Å². The van der Waals surface area contributed by atoms with Gasteiger partial charge in [0.2, 0.25) is 0 Å². The smallest absolute Gasteiger partial charge is 0.100 e. The van der Waals surface area contributed by atoms with Crippen molar-refractivity contribution in [2.24, 2.45) is 0 Å². The van der Waals surface area contributed by atoms with Crippen molar-refractivity contribution in [2.75, 3.05) is 0 Å². The molecule has 0 saturated heterocycles. The van der Waals surface area contributed by atoms with Crippen LogP contribution in [0.4, 0.5) is 0 Å². The summed E-state index contributed by atoms with van der Waals surface area (Å²) in [5.41, 5.74) is 0. The van der Waals surface area contributed by atoms with Gasteiger partial charge in [0.25, 0.3) is 0 Å². The molecule has 0 heterocycles. The fourth-order valence-electron chi connectivity index (χ4n) is 0.713. The van der Waals surface area contributed by atoms with Crippen LogP contribution in [-0.2, 0) is 0 Å². The maximum atomic E-state index is 5.80. The lowest BCUT2D eigenvalue weighted by molar-refractivity contribution is 0.658. The van der Waals surface area contributed by atoms with Crippen molar-refractivity contribution in [3.8, 4) is 0 Å². The third-order valence-corrected chi connectivity index (χ3v) is 2.10. The molecule has 0 aromatic rings. The monoisotopic (exact) mass is 180 g/mol. The molecule has 0 bridgehead atoms. The van der Waals surface area contributed by atoms with Gasteiger partial charge < -0.3 is 0 Å². The van der Waals surface area contributed by atoms with E-state index in [4.69, 9.17) is 23.2 Å². The highest BCUT2D eigenvalue weighted by Crippen LogP contribution is 2.28. The van der Waals surface area contributed by atoms with Gasteiger partial charge in [-0.05, 0) is 6.42 Å². The van der Waals surface area contributed by atoms with E-state index in [0.717, 1.165) is 12.8 Å². The highest BCUT2D eigenvalue weighted by molar-refractivity contribution is 6.49. The first-order valence-electron chi connectivity index (χ1n) is 3.64. The molecule has 0 aliphatic rings. The maximum absolute atomic E-state index is 5.80. The Morgan fingerprint density at radius 3 is 2.40 bits per heavy atom. The molecule has 0 aromatic carbocycles. The molecular formula is C8H14Cl2. The largest absolute Gasteiger partial charge is 0.136 e. The van der Waals surface area contributed by atoms with Gasteiger partial charge in [-0.3, -0.25) is 0 Å². The molecule has 0 nitrogen and oxygen atoms in total. The van der Waals surface area contributed by atoms with E-state index in [0.29, 0.717) is 0 Å². The fraction of sp³-hybridized carbons (Fsp3) is 0.750. The lowest BCUT2D eigenvalue weighted by Gasteiger charge is -2.12. The van der Waals surface area contributed by atoms with E-state index in [-0.39, 0.29) is 0 Å². The number of halogens is 2. The Labute approximate surface area is 73.2 Å². The van der Waals surface area contributed by atoms with Crippen molar-refractivity contribution >= 4 is 23.2 Å². The van der Waals surface area contributed by atoms with Crippen molar-refractivity contribution < 1.29 is 0 Å². The average molecular weight is 181 g/mol. The van der Waals surface area contributed by atoms with Gasteiger partial charge in [0.1, 0.15) is 4.33 Å². The summed E-state index contributed by atoms with van der Waals surface area (Å²) in [4.78, 5) is 0. The van der Waals surface area contributed by atoms with Gasteiger partial charge in [-0.1, -0.05) is 55.5 Å². The Bertz CT molecular complexity index is 97.4. The zero-order valence-corrected chi connectivity index (χ0v) is 7.88. The first-order valence-corrected chi connectivity index (χ1v) is 4.39. The van der Waals surface area contributed by atoms with Gasteiger partial charge in [0, 0.05) is 0 Å². The second-order valence-corrected chi connectivity index (χ2v) is 3.96. The number of hydrogen-bond acceptors (Lipinski definition) is 0. The lowest BCUT2D eigenvalue weighted by atomic mass is 10.1. The second-order valence-electron chi connectivity index (χ2n) is 2.42. The van der Waals surface area contributed by atoms with E-state index in [2.05, 4.69) is 13.5 Å². The van der Waals surface area contributed by atoms with Crippen molar-refractivity contribution in [3.05, 3.63) is 12.7 Å². The van der Waals surface area contributed by atoms with E-state index in [1.165, 1.54) is 12.8 Å². The zero-order chi connectivity index (χ0) is 8.04. The molecule has 60 valence electrons. The Kier molecular flexibility index (Phi) is 5.20. The Hall–Kier alpha value is 0.320. The summed E-state index contributed by atoms with van der Waals surface area (Å²) >= 11 is 11.6. The maximum Gasteiger partial charge on any atom is 0.136 e. The van der Waals surface area contributed by atoms with Crippen molar-refractivity contribution in [3.63, 3.8) is 0 Å². The highest BCUT2D eigenvalue weighted by atomic mass is 35.5. The Morgan fingerprint density at radius 1 is 1.40 bits per heavy atom. The number of allylic oxidation sites excluding steroid dienone is 1. The Morgan fingerprint density at radius 2 is 2.00 bits per heavy atom. The summed E-state index contributed by atoms with van der Waals surface area (Å²) in [5.74, 6) is 0. The summed E-state index contributed by atoms with van der Waals surface area (Å²) in [5, 5.41) is 0. The van der Waals surface area contributed by atoms with Crippen LogP contribution >= 0.6 is 23.2 Å². The van der Waals surface area contributed by atoms with Crippen LogP contribution in [0.15, 0.2) is 12.7 Å².